The van der Waals surface area contributed by atoms with E-state index in [1.165, 1.54) is 0 Å². The Kier molecular flexibility index (Phi) is 2.54. The predicted octanol–water partition coefficient (Wildman–Crippen LogP) is 2.79. The molecule has 0 amide bonds. The zero-order valence-electron chi connectivity index (χ0n) is 9.44. The van der Waals surface area contributed by atoms with Crippen molar-refractivity contribution >= 4 is 23.0 Å². The second-order valence-corrected chi connectivity index (χ2v) is 4.62. The first-order valence-corrected chi connectivity index (χ1v) is 5.93. The summed E-state index contributed by atoms with van der Waals surface area (Å²) >= 11 is 5.95. The first-order chi connectivity index (χ1) is 8.63. The van der Waals surface area contributed by atoms with Crippen molar-refractivity contribution < 1.29 is 5.11 Å². The van der Waals surface area contributed by atoms with Crippen LogP contribution in [-0.2, 0) is 0 Å². The fourth-order valence-corrected chi connectivity index (χ4v) is 2.24. The van der Waals surface area contributed by atoms with Crippen molar-refractivity contribution in [3.8, 4) is 16.9 Å². The van der Waals surface area contributed by atoms with E-state index in [9.17, 15) is 5.11 Å². The van der Waals surface area contributed by atoms with Crippen LogP contribution in [0, 0.1) is 0 Å². The third kappa shape index (κ3) is 1.85. The maximum atomic E-state index is 9.87. The summed E-state index contributed by atoms with van der Waals surface area (Å²) in [7, 11) is 0. The first-order valence-electron chi connectivity index (χ1n) is 5.55. The van der Waals surface area contributed by atoms with Crippen LogP contribution in [-0.4, -0.2) is 11.4 Å². The van der Waals surface area contributed by atoms with E-state index in [1.54, 1.807) is 18.2 Å². The van der Waals surface area contributed by atoms with Gasteiger partial charge in [0, 0.05) is 10.6 Å². The number of rotatable bonds is 1. The predicted molar refractivity (Wildman–Crippen MR) is 73.8 cm³/mol. The van der Waals surface area contributed by atoms with E-state index in [0.29, 0.717) is 10.6 Å². The van der Waals surface area contributed by atoms with Crippen molar-refractivity contribution in [3.63, 3.8) is 0 Å². The van der Waals surface area contributed by atoms with Gasteiger partial charge in [-0.1, -0.05) is 17.7 Å². The van der Waals surface area contributed by atoms with Crippen LogP contribution in [0.4, 0.5) is 11.4 Å². The molecular weight excluding hydrogens is 250 g/mol. The summed E-state index contributed by atoms with van der Waals surface area (Å²) in [5.41, 5.74) is 9.19. The fraction of sp³-hybridized carbons (Fsp3) is 0.0769. The van der Waals surface area contributed by atoms with E-state index in [0.717, 1.165) is 16.9 Å². The molecule has 2 aromatic rings. The Balaban J connectivity index is 2.08. The minimum absolute atomic E-state index is 0.203. The van der Waals surface area contributed by atoms with Gasteiger partial charge < -0.3 is 15.7 Å². The number of hydrogen-bond acceptors (Lipinski definition) is 4. The number of hydrogen-bond donors (Lipinski definition) is 4. The van der Waals surface area contributed by atoms with Gasteiger partial charge in [-0.05, 0) is 35.9 Å². The van der Waals surface area contributed by atoms with Crippen molar-refractivity contribution in [1.29, 1.82) is 0 Å². The Morgan fingerprint density at radius 1 is 1.06 bits per heavy atom. The number of nitrogens with one attached hydrogen (secondary N) is 2. The molecule has 5 heteroatoms. The minimum atomic E-state index is -0.275. The molecular formula is C13H12ClN3O. The van der Waals surface area contributed by atoms with Crippen LogP contribution in [0.2, 0.25) is 5.02 Å². The summed E-state index contributed by atoms with van der Waals surface area (Å²) in [5.74, 6) is 0.203. The third-order valence-electron chi connectivity index (χ3n) is 2.91. The molecule has 0 aromatic heterocycles. The average molecular weight is 262 g/mol. The first kappa shape index (κ1) is 11.2. The summed E-state index contributed by atoms with van der Waals surface area (Å²) < 4.78 is 0. The van der Waals surface area contributed by atoms with Crippen LogP contribution >= 0.6 is 11.6 Å². The van der Waals surface area contributed by atoms with E-state index in [-0.39, 0.29) is 12.0 Å². The molecule has 1 unspecified atom stereocenters. The second kappa shape index (κ2) is 4.08. The van der Waals surface area contributed by atoms with Gasteiger partial charge in [0.15, 0.2) is 6.29 Å². The standard InChI is InChI=1S/C13H12ClN3O/c14-8-2-4-12(18)9(6-8)7-1-3-10-11(5-7)17-13(15)16-10/h1-6,13,16-18H,15H2. The van der Waals surface area contributed by atoms with Crippen LogP contribution in [0.3, 0.4) is 0 Å². The summed E-state index contributed by atoms with van der Waals surface area (Å²) in [6, 6.07) is 10.7. The summed E-state index contributed by atoms with van der Waals surface area (Å²) in [6.07, 6.45) is -0.275. The lowest BCUT2D eigenvalue weighted by molar-refractivity contribution is 0.477. The molecule has 0 fully saturated rings. The Bertz CT molecular complexity index is 615. The van der Waals surface area contributed by atoms with Gasteiger partial charge >= 0.3 is 0 Å². The zero-order chi connectivity index (χ0) is 12.7. The van der Waals surface area contributed by atoms with Gasteiger partial charge in [0.2, 0.25) is 0 Å². The maximum Gasteiger partial charge on any atom is 0.150 e. The van der Waals surface area contributed by atoms with Gasteiger partial charge in [-0.25, -0.2) is 0 Å². The number of halogens is 1. The molecule has 0 saturated heterocycles. The molecule has 1 aliphatic rings. The lowest BCUT2D eigenvalue weighted by atomic mass is 10.0. The number of benzene rings is 2. The molecule has 0 saturated carbocycles. The molecule has 18 heavy (non-hydrogen) atoms. The summed E-state index contributed by atoms with van der Waals surface area (Å²) in [4.78, 5) is 0. The second-order valence-electron chi connectivity index (χ2n) is 4.19. The topological polar surface area (TPSA) is 70.3 Å². The molecule has 92 valence electrons. The van der Waals surface area contributed by atoms with Crippen molar-refractivity contribution in [2.24, 2.45) is 5.73 Å². The number of phenolic OH excluding ortho intramolecular Hbond substituents is 1. The van der Waals surface area contributed by atoms with Gasteiger partial charge in [0.25, 0.3) is 0 Å². The van der Waals surface area contributed by atoms with Crippen LogP contribution in [0.5, 0.6) is 5.75 Å². The highest BCUT2D eigenvalue weighted by molar-refractivity contribution is 6.31. The van der Waals surface area contributed by atoms with Gasteiger partial charge in [-0.3, -0.25) is 5.73 Å². The van der Waals surface area contributed by atoms with Gasteiger partial charge in [-0.2, -0.15) is 0 Å². The Hall–Kier alpha value is -1.91. The van der Waals surface area contributed by atoms with Crippen molar-refractivity contribution in [1.82, 2.24) is 0 Å². The minimum Gasteiger partial charge on any atom is -0.507 e. The van der Waals surface area contributed by atoms with E-state index >= 15 is 0 Å². The highest BCUT2D eigenvalue weighted by Gasteiger charge is 2.16. The Labute approximate surface area is 109 Å². The molecule has 0 radical (unpaired) electrons. The molecule has 0 spiro atoms. The molecule has 3 rings (SSSR count). The van der Waals surface area contributed by atoms with Crippen molar-refractivity contribution in [2.75, 3.05) is 10.6 Å². The largest absolute Gasteiger partial charge is 0.507 e. The van der Waals surface area contributed by atoms with Gasteiger partial charge in [-0.15, -0.1) is 0 Å². The van der Waals surface area contributed by atoms with Crippen molar-refractivity contribution in [3.05, 3.63) is 41.4 Å². The van der Waals surface area contributed by atoms with E-state index in [4.69, 9.17) is 17.3 Å². The van der Waals surface area contributed by atoms with Gasteiger partial charge in [0.05, 0.1) is 11.4 Å². The third-order valence-corrected chi connectivity index (χ3v) is 3.15. The Morgan fingerprint density at radius 3 is 2.67 bits per heavy atom. The van der Waals surface area contributed by atoms with Crippen LogP contribution in [0.25, 0.3) is 11.1 Å². The fourth-order valence-electron chi connectivity index (χ4n) is 2.07. The number of aromatic hydroxyl groups is 1. The zero-order valence-corrected chi connectivity index (χ0v) is 10.2. The van der Waals surface area contributed by atoms with Crippen LogP contribution < -0.4 is 16.4 Å². The van der Waals surface area contributed by atoms with E-state index in [2.05, 4.69) is 10.6 Å². The number of nitrogens with two attached hydrogens (primary N) is 1. The number of fused-ring (bicyclic) bond motifs is 1. The number of anilines is 2. The smallest absolute Gasteiger partial charge is 0.150 e. The van der Waals surface area contributed by atoms with E-state index in [1.807, 2.05) is 18.2 Å². The van der Waals surface area contributed by atoms with Crippen LogP contribution in [0.1, 0.15) is 0 Å². The number of phenols is 1. The quantitative estimate of drug-likeness (QED) is 0.637. The van der Waals surface area contributed by atoms with Gasteiger partial charge in [0.1, 0.15) is 5.75 Å². The molecule has 1 aliphatic heterocycles. The molecule has 1 atom stereocenters. The van der Waals surface area contributed by atoms with Crippen LogP contribution in [0.15, 0.2) is 36.4 Å². The van der Waals surface area contributed by atoms with Crippen molar-refractivity contribution in [2.45, 2.75) is 6.29 Å². The molecule has 5 N–H and O–H groups in total. The summed E-state index contributed by atoms with van der Waals surface area (Å²) in [6.45, 7) is 0. The summed E-state index contributed by atoms with van der Waals surface area (Å²) in [5, 5.41) is 16.6. The molecule has 2 aromatic carbocycles. The maximum absolute atomic E-state index is 9.87. The lowest BCUT2D eigenvalue weighted by Crippen LogP contribution is -2.31. The molecule has 1 heterocycles. The monoisotopic (exact) mass is 261 g/mol. The molecule has 0 aliphatic carbocycles. The normalized spacial score (nSPS) is 16.9. The highest BCUT2D eigenvalue weighted by atomic mass is 35.5. The lowest BCUT2D eigenvalue weighted by Gasteiger charge is -2.07. The molecule has 0 bridgehead atoms. The average Bonchev–Trinajstić information content (AvgIpc) is 2.71. The highest BCUT2D eigenvalue weighted by Crippen LogP contribution is 2.37. The Morgan fingerprint density at radius 2 is 1.83 bits per heavy atom. The van der Waals surface area contributed by atoms with E-state index < -0.39 is 0 Å². The SMILES string of the molecule is NC1Nc2ccc(-c3cc(Cl)ccc3O)cc2N1. The molecule has 4 nitrogen and oxygen atoms in total.